The van der Waals surface area contributed by atoms with Crippen LogP contribution in [0.1, 0.15) is 103 Å². The molecule has 2 heterocycles. The molecule has 31 heavy (non-hydrogen) atoms. The van der Waals surface area contributed by atoms with Crippen molar-refractivity contribution in [1.82, 2.24) is 4.98 Å². The van der Waals surface area contributed by atoms with Gasteiger partial charge in [0.25, 0.3) is 0 Å². The third-order valence-corrected chi connectivity index (χ3v) is 7.32. The van der Waals surface area contributed by atoms with Crippen molar-refractivity contribution >= 4 is 29.2 Å². The van der Waals surface area contributed by atoms with Crippen molar-refractivity contribution in [2.75, 3.05) is 0 Å². The number of carbonyl (C=O) groups excluding carboxylic acids is 2. The van der Waals surface area contributed by atoms with Gasteiger partial charge in [-0.05, 0) is 57.1 Å². The smallest absolute Gasteiger partial charge is 0.306 e. The summed E-state index contributed by atoms with van der Waals surface area (Å²) in [6.45, 7) is 12.3. The van der Waals surface area contributed by atoms with E-state index in [1.54, 1.807) is 11.3 Å². The number of aryl methyl sites for hydroxylation is 1. The summed E-state index contributed by atoms with van der Waals surface area (Å²) in [6, 6.07) is 0. The molecule has 1 aromatic rings. The summed E-state index contributed by atoms with van der Waals surface area (Å²) in [5.41, 5.74) is 1.46. The molecule has 1 aliphatic heterocycles. The molecule has 1 saturated heterocycles. The zero-order chi connectivity index (χ0) is 23.0. The van der Waals surface area contributed by atoms with E-state index in [0.29, 0.717) is 12.3 Å². The fourth-order valence-corrected chi connectivity index (χ4v) is 5.15. The first-order valence-electron chi connectivity index (χ1n) is 11.9. The number of ketones is 1. The number of nitrogens with zero attached hydrogens (tertiary/aromatic N) is 1. The quantitative estimate of drug-likeness (QED) is 0.451. The largest absolute Gasteiger partial charge is 0.458 e. The minimum absolute atomic E-state index is 0.0356. The van der Waals surface area contributed by atoms with Gasteiger partial charge >= 0.3 is 5.97 Å². The maximum Gasteiger partial charge on any atom is 0.306 e. The van der Waals surface area contributed by atoms with Crippen LogP contribution in [-0.4, -0.2) is 22.8 Å². The van der Waals surface area contributed by atoms with Gasteiger partial charge in [-0.2, -0.15) is 0 Å². The molecule has 3 unspecified atom stereocenters. The summed E-state index contributed by atoms with van der Waals surface area (Å²) >= 11 is 1.63. The first-order chi connectivity index (χ1) is 14.6. The molecule has 0 bridgehead atoms. The van der Waals surface area contributed by atoms with Gasteiger partial charge in [-0.25, -0.2) is 4.98 Å². The zero-order valence-corrected chi connectivity index (χ0v) is 21.1. The van der Waals surface area contributed by atoms with Gasteiger partial charge in [-0.1, -0.05) is 53.4 Å². The summed E-state index contributed by atoms with van der Waals surface area (Å²) < 4.78 is 5.92. The monoisotopic (exact) mass is 447 g/mol. The lowest BCUT2D eigenvalue weighted by Crippen LogP contribution is -2.32. The van der Waals surface area contributed by atoms with Crippen LogP contribution in [0.25, 0.3) is 6.08 Å². The molecule has 1 aliphatic rings. The van der Waals surface area contributed by atoms with Crippen LogP contribution in [0.4, 0.5) is 0 Å². The van der Waals surface area contributed by atoms with Crippen molar-refractivity contribution in [2.45, 2.75) is 105 Å². The van der Waals surface area contributed by atoms with E-state index in [1.807, 2.05) is 46.1 Å². The molecule has 4 nitrogen and oxygen atoms in total. The van der Waals surface area contributed by atoms with Crippen LogP contribution in [0.2, 0.25) is 0 Å². The van der Waals surface area contributed by atoms with Crippen molar-refractivity contribution in [1.29, 1.82) is 0 Å². The molecule has 1 fully saturated rings. The Hall–Kier alpha value is -1.49. The summed E-state index contributed by atoms with van der Waals surface area (Å²) in [5, 5.41) is 3.07. The van der Waals surface area contributed by atoms with Crippen LogP contribution in [0.5, 0.6) is 0 Å². The third-order valence-electron chi connectivity index (χ3n) is 6.53. The minimum Gasteiger partial charge on any atom is -0.458 e. The predicted octanol–water partition coefficient (Wildman–Crippen LogP) is 7.16. The maximum atomic E-state index is 13.0. The Bertz CT molecular complexity index is 764. The molecule has 1 aromatic heterocycles. The van der Waals surface area contributed by atoms with E-state index in [4.69, 9.17) is 4.74 Å². The van der Waals surface area contributed by atoms with Crippen molar-refractivity contribution in [3.05, 3.63) is 21.7 Å². The highest BCUT2D eigenvalue weighted by atomic mass is 32.1. The predicted molar refractivity (Wildman–Crippen MR) is 129 cm³/mol. The molecular weight excluding hydrogens is 406 g/mol. The lowest BCUT2D eigenvalue weighted by atomic mass is 9.75. The molecule has 0 aliphatic carbocycles. The van der Waals surface area contributed by atoms with E-state index in [2.05, 4.69) is 11.9 Å². The first-order valence-corrected chi connectivity index (χ1v) is 12.8. The van der Waals surface area contributed by atoms with Crippen LogP contribution in [-0.2, 0) is 14.3 Å². The van der Waals surface area contributed by atoms with Gasteiger partial charge in [-0.3, -0.25) is 9.59 Å². The van der Waals surface area contributed by atoms with Gasteiger partial charge < -0.3 is 4.74 Å². The highest BCUT2D eigenvalue weighted by molar-refractivity contribution is 7.09. The summed E-state index contributed by atoms with van der Waals surface area (Å²) in [5.74, 6) is 0.660. The highest BCUT2D eigenvalue weighted by Gasteiger charge is 2.33. The van der Waals surface area contributed by atoms with E-state index in [1.165, 1.54) is 19.3 Å². The highest BCUT2D eigenvalue weighted by Crippen LogP contribution is 2.31. The van der Waals surface area contributed by atoms with Crippen LogP contribution in [0.3, 0.4) is 0 Å². The number of hydrogen-bond donors (Lipinski definition) is 0. The Balaban J connectivity index is 2.13. The van der Waals surface area contributed by atoms with Gasteiger partial charge in [0.05, 0.1) is 10.7 Å². The number of esters is 1. The Morgan fingerprint density at radius 2 is 1.84 bits per heavy atom. The molecule has 5 heteroatoms. The van der Waals surface area contributed by atoms with Crippen LogP contribution >= 0.6 is 11.3 Å². The van der Waals surface area contributed by atoms with Gasteiger partial charge in [-0.15, -0.1) is 11.3 Å². The average molecular weight is 448 g/mol. The number of rotatable bonds is 2. The Morgan fingerprint density at radius 1 is 1.16 bits per heavy atom. The number of Topliss-reactive ketones (excluding diaryl/α,β-unsaturated/α-hetero) is 1. The van der Waals surface area contributed by atoms with Crippen LogP contribution < -0.4 is 0 Å². The van der Waals surface area contributed by atoms with Crippen molar-refractivity contribution in [3.8, 4) is 0 Å². The van der Waals surface area contributed by atoms with E-state index < -0.39 is 5.41 Å². The fraction of sp³-hybridized carbons (Fsp3) is 0.731. The second-order valence-corrected chi connectivity index (χ2v) is 11.2. The summed E-state index contributed by atoms with van der Waals surface area (Å²) in [4.78, 5) is 30.2. The molecule has 0 amide bonds. The number of thiazole rings is 1. The fourth-order valence-electron chi connectivity index (χ4n) is 4.58. The molecule has 0 radical (unpaired) electrons. The molecular formula is C26H41NO3S. The molecule has 174 valence electrons. The second-order valence-electron chi connectivity index (χ2n) is 10.1. The Morgan fingerprint density at radius 3 is 2.48 bits per heavy atom. The second kappa shape index (κ2) is 11.9. The molecule has 0 aromatic carbocycles. The standard InChI is InChI=1S/C26H41NO3S/c1-18-11-9-7-8-10-12-23(19(2)16-22-17-31-21(4)27-22)30-24(28)13-14-26(5,6)25(29)20(3)15-18/h16-18,20,23H,7-15H2,1-6H3/b19-16+. The van der Waals surface area contributed by atoms with Gasteiger partial charge in [0.2, 0.25) is 0 Å². The van der Waals surface area contributed by atoms with Crippen molar-refractivity contribution in [3.63, 3.8) is 0 Å². The summed E-state index contributed by atoms with van der Waals surface area (Å²) in [7, 11) is 0. The van der Waals surface area contributed by atoms with Crippen molar-refractivity contribution in [2.24, 2.45) is 17.3 Å². The van der Waals surface area contributed by atoms with E-state index >= 15 is 0 Å². The molecule has 0 spiro atoms. The third kappa shape index (κ3) is 8.51. The zero-order valence-electron chi connectivity index (χ0n) is 20.3. The van der Waals surface area contributed by atoms with Gasteiger partial charge in [0.15, 0.2) is 0 Å². The lowest BCUT2D eigenvalue weighted by molar-refractivity contribution is -0.148. The lowest BCUT2D eigenvalue weighted by Gasteiger charge is -2.28. The first kappa shape index (κ1) is 25.8. The SMILES string of the molecule is C/C(=C\c1csc(C)n1)C1CCCCCCC(C)CC(C)C(=O)C(C)(C)CCC(=O)O1. The number of cyclic esters (lactones) is 1. The van der Waals surface area contributed by atoms with E-state index in [-0.39, 0.29) is 30.2 Å². The Kier molecular flexibility index (Phi) is 9.92. The molecule has 3 atom stereocenters. The topological polar surface area (TPSA) is 56.3 Å². The number of aromatic nitrogens is 1. The maximum absolute atomic E-state index is 13.0. The van der Waals surface area contributed by atoms with Crippen LogP contribution in [0.15, 0.2) is 11.0 Å². The number of carbonyl (C=O) groups is 2. The van der Waals surface area contributed by atoms with Gasteiger partial charge in [0.1, 0.15) is 11.9 Å². The average Bonchev–Trinajstić information content (AvgIpc) is 3.11. The normalized spacial score (nSPS) is 27.7. The van der Waals surface area contributed by atoms with Crippen LogP contribution in [0, 0.1) is 24.2 Å². The summed E-state index contributed by atoms with van der Waals surface area (Å²) in [6.07, 6.45) is 10.2. The molecule has 0 N–H and O–H groups in total. The van der Waals surface area contributed by atoms with E-state index in [0.717, 1.165) is 42.0 Å². The van der Waals surface area contributed by atoms with E-state index in [9.17, 15) is 9.59 Å². The number of hydrogen-bond acceptors (Lipinski definition) is 5. The minimum atomic E-state index is -0.506. The number of ether oxygens (including phenoxy) is 1. The Labute approximate surface area is 192 Å². The molecule has 0 saturated carbocycles. The molecule has 2 rings (SSSR count). The van der Waals surface area contributed by atoms with Gasteiger partial charge in [0, 0.05) is 23.1 Å². The van der Waals surface area contributed by atoms with Crippen molar-refractivity contribution < 1.29 is 14.3 Å².